The van der Waals surface area contributed by atoms with Crippen LogP contribution in [0.3, 0.4) is 0 Å². The van der Waals surface area contributed by atoms with Crippen molar-refractivity contribution in [2.75, 3.05) is 26.2 Å². The average molecular weight is 347 g/mol. The van der Waals surface area contributed by atoms with Crippen molar-refractivity contribution in [2.24, 2.45) is 5.10 Å². The Balaban J connectivity index is 2.06. The molecule has 1 N–H and O–H groups in total. The lowest BCUT2D eigenvalue weighted by Crippen LogP contribution is -2.49. The number of benzene rings is 1. The van der Waals surface area contributed by atoms with Gasteiger partial charge in [-0.25, -0.2) is 9.59 Å². The minimum Gasteiger partial charge on any atom is -0.467 e. The Morgan fingerprint density at radius 1 is 1.20 bits per heavy atom. The predicted octanol–water partition coefficient (Wildman–Crippen LogP) is 0.864. The van der Waals surface area contributed by atoms with Crippen molar-refractivity contribution in [2.45, 2.75) is 24.8 Å². The number of nitrogens with zero attached hydrogens (tertiary/aromatic N) is 2. The second-order valence-corrected chi connectivity index (χ2v) is 5.70. The molecule has 1 unspecified atom stereocenters. The Bertz CT molecular complexity index is 689. The third kappa shape index (κ3) is 3.96. The molecule has 1 amide bonds. The van der Waals surface area contributed by atoms with E-state index in [2.05, 4.69) is 15.3 Å². The number of para-hydroxylation sites is 1. The molecule has 25 heavy (non-hydrogen) atoms. The number of methoxy groups -OCH3 is 2. The molecule has 2 rings (SSSR count). The van der Waals surface area contributed by atoms with E-state index in [0.29, 0.717) is 0 Å². The highest BCUT2D eigenvalue weighted by molar-refractivity contribution is 6.37. The van der Waals surface area contributed by atoms with Crippen molar-refractivity contribution < 1.29 is 23.9 Å². The normalized spacial score (nSPS) is 18.8. The highest BCUT2D eigenvalue weighted by Crippen LogP contribution is 2.26. The molecular weight excluding hydrogens is 326 g/mol. The number of nitrogens with one attached hydrogen (secondary N) is 1. The summed E-state index contributed by atoms with van der Waals surface area (Å²) in [5, 5.41) is 3.88. The maximum absolute atomic E-state index is 12.4. The first kappa shape index (κ1) is 18.4. The highest BCUT2D eigenvalue weighted by Gasteiger charge is 2.46. The topological polar surface area (TPSA) is 97.3 Å². The van der Waals surface area contributed by atoms with E-state index in [0.717, 1.165) is 5.69 Å². The summed E-state index contributed by atoms with van der Waals surface area (Å²) in [6.45, 7) is 0. The van der Waals surface area contributed by atoms with Gasteiger partial charge in [-0.1, -0.05) is 18.2 Å². The van der Waals surface area contributed by atoms with Crippen LogP contribution in [0.1, 0.15) is 19.3 Å². The van der Waals surface area contributed by atoms with E-state index >= 15 is 0 Å². The van der Waals surface area contributed by atoms with Crippen LogP contribution in [-0.4, -0.2) is 50.4 Å². The van der Waals surface area contributed by atoms with Gasteiger partial charge in [0, 0.05) is 25.6 Å². The van der Waals surface area contributed by atoms with Crippen LogP contribution in [0.25, 0.3) is 0 Å². The minimum atomic E-state index is -1.24. The third-order valence-electron chi connectivity index (χ3n) is 4.15. The van der Waals surface area contributed by atoms with E-state index in [4.69, 9.17) is 4.74 Å². The molecule has 0 aliphatic carbocycles. The third-order valence-corrected chi connectivity index (χ3v) is 4.15. The molecule has 0 saturated heterocycles. The molecule has 0 saturated carbocycles. The maximum Gasteiger partial charge on any atom is 0.354 e. The predicted molar refractivity (Wildman–Crippen MR) is 91.0 cm³/mol. The smallest absolute Gasteiger partial charge is 0.354 e. The molecule has 1 aromatic rings. The molecule has 0 spiro atoms. The van der Waals surface area contributed by atoms with Crippen LogP contribution in [-0.2, 0) is 23.9 Å². The molecule has 1 aromatic carbocycles. The van der Waals surface area contributed by atoms with Gasteiger partial charge in [-0.2, -0.15) is 5.10 Å². The first-order chi connectivity index (χ1) is 11.9. The summed E-state index contributed by atoms with van der Waals surface area (Å²) < 4.78 is 9.45. The van der Waals surface area contributed by atoms with Gasteiger partial charge in [0.25, 0.3) is 0 Å². The zero-order valence-electron chi connectivity index (χ0n) is 14.4. The summed E-state index contributed by atoms with van der Waals surface area (Å²) in [5.74, 6) is -1.36. The van der Waals surface area contributed by atoms with Gasteiger partial charge >= 0.3 is 11.9 Å². The average Bonchev–Trinajstić information content (AvgIpc) is 3.10. The number of hydrazone groups is 1. The van der Waals surface area contributed by atoms with Crippen LogP contribution in [0.15, 0.2) is 35.4 Å². The molecule has 0 aromatic heterocycles. The lowest BCUT2D eigenvalue weighted by Gasteiger charge is -2.26. The Kier molecular flexibility index (Phi) is 5.74. The van der Waals surface area contributed by atoms with Crippen LogP contribution in [0.5, 0.6) is 0 Å². The molecule has 1 aliphatic rings. The molecule has 8 heteroatoms. The van der Waals surface area contributed by atoms with E-state index in [1.54, 1.807) is 7.05 Å². The molecule has 1 atom stereocenters. The Morgan fingerprint density at radius 3 is 2.48 bits per heavy atom. The Labute approximate surface area is 145 Å². The quantitative estimate of drug-likeness (QED) is 0.767. The fraction of sp³-hybridized carbons (Fsp3) is 0.412. The molecule has 0 radical (unpaired) electrons. The summed E-state index contributed by atoms with van der Waals surface area (Å²) >= 11 is 0. The fourth-order valence-corrected chi connectivity index (χ4v) is 2.62. The summed E-state index contributed by atoms with van der Waals surface area (Å²) in [6.07, 6.45) is 0.228. The van der Waals surface area contributed by atoms with E-state index in [1.807, 2.05) is 30.3 Å². The maximum atomic E-state index is 12.4. The highest BCUT2D eigenvalue weighted by atomic mass is 16.5. The summed E-state index contributed by atoms with van der Waals surface area (Å²) in [7, 11) is 4.15. The summed E-state index contributed by atoms with van der Waals surface area (Å²) in [6, 6.07) is 9.18. The first-order valence-electron chi connectivity index (χ1n) is 7.75. The van der Waals surface area contributed by atoms with Crippen molar-refractivity contribution in [3.63, 3.8) is 0 Å². The second-order valence-electron chi connectivity index (χ2n) is 5.70. The molecule has 8 nitrogen and oxygen atoms in total. The summed E-state index contributed by atoms with van der Waals surface area (Å²) in [5.41, 5.74) is 2.27. The second kappa shape index (κ2) is 7.78. The largest absolute Gasteiger partial charge is 0.467 e. The van der Waals surface area contributed by atoms with Gasteiger partial charge in [-0.05, 0) is 18.6 Å². The first-order valence-corrected chi connectivity index (χ1v) is 7.75. The van der Waals surface area contributed by atoms with Crippen LogP contribution in [0, 0.1) is 0 Å². The molecule has 0 fully saturated rings. The SMILES string of the molecule is COC(=O)C1=NNC(CCC(=O)N(C)c2ccccc2)(C(=O)OC)C1. The summed E-state index contributed by atoms with van der Waals surface area (Å²) in [4.78, 5) is 37.8. The zero-order valence-corrected chi connectivity index (χ0v) is 14.4. The van der Waals surface area contributed by atoms with Crippen LogP contribution < -0.4 is 10.3 Å². The molecule has 1 aliphatic heterocycles. The Morgan fingerprint density at radius 2 is 1.88 bits per heavy atom. The van der Waals surface area contributed by atoms with Gasteiger partial charge in [-0.3, -0.25) is 10.2 Å². The van der Waals surface area contributed by atoms with Crippen molar-refractivity contribution >= 4 is 29.2 Å². The number of carbonyl (C=O) groups is 3. The Hall–Kier alpha value is -2.90. The lowest BCUT2D eigenvalue weighted by molar-refractivity contribution is -0.148. The van der Waals surface area contributed by atoms with Gasteiger partial charge in [0.2, 0.25) is 5.91 Å². The van der Waals surface area contributed by atoms with Crippen molar-refractivity contribution in [1.82, 2.24) is 5.43 Å². The van der Waals surface area contributed by atoms with E-state index in [-0.39, 0.29) is 30.9 Å². The number of amides is 1. The van der Waals surface area contributed by atoms with Crippen molar-refractivity contribution in [3.8, 4) is 0 Å². The van der Waals surface area contributed by atoms with Gasteiger partial charge in [0.05, 0.1) is 14.2 Å². The number of esters is 2. The van der Waals surface area contributed by atoms with E-state index in [9.17, 15) is 14.4 Å². The van der Waals surface area contributed by atoms with E-state index in [1.165, 1.54) is 19.1 Å². The monoisotopic (exact) mass is 347 g/mol. The van der Waals surface area contributed by atoms with Crippen LogP contribution in [0.2, 0.25) is 0 Å². The van der Waals surface area contributed by atoms with Crippen molar-refractivity contribution in [3.05, 3.63) is 30.3 Å². The van der Waals surface area contributed by atoms with Gasteiger partial charge in [0.1, 0.15) is 5.71 Å². The number of hydrogen-bond acceptors (Lipinski definition) is 7. The van der Waals surface area contributed by atoms with Crippen LogP contribution >= 0.6 is 0 Å². The van der Waals surface area contributed by atoms with Gasteiger partial charge < -0.3 is 14.4 Å². The zero-order chi connectivity index (χ0) is 18.4. The number of anilines is 1. The number of ether oxygens (including phenoxy) is 2. The van der Waals surface area contributed by atoms with Crippen molar-refractivity contribution in [1.29, 1.82) is 0 Å². The minimum absolute atomic E-state index is 0.00861. The molecule has 134 valence electrons. The number of hydrogen-bond donors (Lipinski definition) is 1. The number of carbonyl (C=O) groups excluding carboxylic acids is 3. The molecule has 1 heterocycles. The standard InChI is InChI=1S/C17H21N3O5/c1-20(12-7-5-4-6-8-12)14(21)9-10-17(16(23)25-3)11-13(18-19-17)15(22)24-2/h4-8,19H,9-11H2,1-3H3. The fourth-order valence-electron chi connectivity index (χ4n) is 2.62. The van der Waals surface area contributed by atoms with Gasteiger partial charge in [0.15, 0.2) is 5.54 Å². The van der Waals surface area contributed by atoms with E-state index < -0.39 is 17.5 Å². The number of rotatable bonds is 6. The lowest BCUT2D eigenvalue weighted by atomic mass is 9.89. The van der Waals surface area contributed by atoms with Gasteiger partial charge in [-0.15, -0.1) is 0 Å². The molecule has 0 bridgehead atoms. The van der Waals surface area contributed by atoms with Crippen LogP contribution in [0.4, 0.5) is 5.69 Å². The molecular formula is C17H21N3O5.